The highest BCUT2D eigenvalue weighted by Gasteiger charge is 2.10. The van der Waals surface area contributed by atoms with Gasteiger partial charge in [0.15, 0.2) is 0 Å². The molecule has 0 aliphatic heterocycles. The molecule has 0 aliphatic carbocycles. The SMILES string of the molecule is CCCCCCOC(=O)c1ccc(Br)cc1S. The monoisotopic (exact) mass is 316 g/mol. The summed E-state index contributed by atoms with van der Waals surface area (Å²) in [7, 11) is 0. The lowest BCUT2D eigenvalue weighted by atomic mass is 10.2. The van der Waals surface area contributed by atoms with Crippen molar-refractivity contribution in [2.45, 2.75) is 37.5 Å². The van der Waals surface area contributed by atoms with Crippen LogP contribution >= 0.6 is 28.6 Å². The predicted octanol–water partition coefficient (Wildman–Crippen LogP) is 4.47. The summed E-state index contributed by atoms with van der Waals surface area (Å²) in [6.45, 7) is 2.64. The second-order valence-corrected chi connectivity index (χ2v) is 5.26. The van der Waals surface area contributed by atoms with Gasteiger partial charge in [-0.25, -0.2) is 4.79 Å². The molecule has 0 saturated carbocycles. The average Bonchev–Trinajstić information content (AvgIpc) is 2.28. The Bertz CT molecular complexity index is 380. The van der Waals surface area contributed by atoms with Crippen molar-refractivity contribution in [2.24, 2.45) is 0 Å². The first-order valence-electron chi connectivity index (χ1n) is 5.80. The number of halogens is 1. The Labute approximate surface area is 116 Å². The lowest BCUT2D eigenvalue weighted by molar-refractivity contribution is 0.0494. The number of esters is 1. The Morgan fingerprint density at radius 3 is 2.76 bits per heavy atom. The zero-order valence-corrected chi connectivity index (χ0v) is 12.4. The van der Waals surface area contributed by atoms with Gasteiger partial charge >= 0.3 is 5.97 Å². The Morgan fingerprint density at radius 1 is 1.35 bits per heavy atom. The average molecular weight is 317 g/mol. The molecule has 0 aliphatic rings. The summed E-state index contributed by atoms with van der Waals surface area (Å²) in [6, 6.07) is 5.32. The molecule has 1 aromatic carbocycles. The fourth-order valence-corrected chi connectivity index (χ4v) is 2.29. The van der Waals surface area contributed by atoms with E-state index < -0.39 is 0 Å². The molecule has 0 saturated heterocycles. The molecule has 1 aromatic rings. The van der Waals surface area contributed by atoms with E-state index in [9.17, 15) is 4.79 Å². The topological polar surface area (TPSA) is 26.3 Å². The second kappa shape index (κ2) is 7.77. The number of benzene rings is 1. The van der Waals surface area contributed by atoms with E-state index in [1.165, 1.54) is 12.8 Å². The van der Waals surface area contributed by atoms with Gasteiger partial charge in [-0.15, -0.1) is 12.6 Å². The quantitative estimate of drug-likeness (QED) is 0.476. The molecule has 0 unspecified atom stereocenters. The highest BCUT2D eigenvalue weighted by atomic mass is 79.9. The molecule has 2 nitrogen and oxygen atoms in total. The van der Waals surface area contributed by atoms with Gasteiger partial charge in [-0.2, -0.15) is 0 Å². The molecule has 1 rings (SSSR count). The molecule has 0 fully saturated rings. The molecular formula is C13H17BrO2S. The van der Waals surface area contributed by atoms with E-state index in [2.05, 4.69) is 35.5 Å². The maximum Gasteiger partial charge on any atom is 0.339 e. The van der Waals surface area contributed by atoms with Crippen molar-refractivity contribution >= 4 is 34.5 Å². The lowest BCUT2D eigenvalue weighted by Gasteiger charge is -2.06. The predicted molar refractivity (Wildman–Crippen MR) is 75.8 cm³/mol. The largest absolute Gasteiger partial charge is 0.462 e. The van der Waals surface area contributed by atoms with Crippen molar-refractivity contribution in [1.82, 2.24) is 0 Å². The fraction of sp³-hybridized carbons (Fsp3) is 0.462. The van der Waals surface area contributed by atoms with E-state index in [0.29, 0.717) is 17.1 Å². The zero-order chi connectivity index (χ0) is 12.7. The first-order chi connectivity index (χ1) is 8.15. The third kappa shape index (κ3) is 5.13. The standard InChI is InChI=1S/C13H17BrO2S/c1-2-3-4-5-8-16-13(15)11-7-6-10(14)9-12(11)17/h6-7,9,17H,2-5,8H2,1H3. The van der Waals surface area contributed by atoms with Crippen LogP contribution in [-0.4, -0.2) is 12.6 Å². The molecule has 0 spiro atoms. The molecule has 0 aromatic heterocycles. The van der Waals surface area contributed by atoms with Crippen LogP contribution in [-0.2, 0) is 4.74 Å². The molecule has 0 N–H and O–H groups in total. The van der Waals surface area contributed by atoms with Crippen LogP contribution in [0.15, 0.2) is 27.6 Å². The number of hydrogen-bond acceptors (Lipinski definition) is 3. The van der Waals surface area contributed by atoms with Gasteiger partial charge in [0.05, 0.1) is 12.2 Å². The molecule has 0 radical (unpaired) electrons. The van der Waals surface area contributed by atoms with Crippen molar-refractivity contribution in [2.75, 3.05) is 6.61 Å². The van der Waals surface area contributed by atoms with E-state index in [-0.39, 0.29) is 5.97 Å². The van der Waals surface area contributed by atoms with E-state index in [1.807, 2.05) is 6.07 Å². The first-order valence-corrected chi connectivity index (χ1v) is 7.04. The van der Waals surface area contributed by atoms with Crippen molar-refractivity contribution < 1.29 is 9.53 Å². The van der Waals surface area contributed by atoms with Crippen LogP contribution in [0.4, 0.5) is 0 Å². The number of rotatable bonds is 6. The first kappa shape index (κ1) is 14.6. The Kier molecular flexibility index (Phi) is 6.66. The zero-order valence-electron chi connectivity index (χ0n) is 9.91. The molecule has 94 valence electrons. The molecular weight excluding hydrogens is 300 g/mol. The summed E-state index contributed by atoms with van der Waals surface area (Å²) in [5, 5.41) is 0. The minimum absolute atomic E-state index is 0.293. The number of carbonyl (C=O) groups excluding carboxylic acids is 1. The van der Waals surface area contributed by atoms with Crippen LogP contribution in [0.1, 0.15) is 43.0 Å². The van der Waals surface area contributed by atoms with Crippen LogP contribution < -0.4 is 0 Å². The Balaban J connectivity index is 2.42. The minimum Gasteiger partial charge on any atom is -0.462 e. The summed E-state index contributed by atoms with van der Waals surface area (Å²) in [6.07, 6.45) is 4.41. The van der Waals surface area contributed by atoms with Gasteiger partial charge in [-0.1, -0.05) is 42.1 Å². The summed E-state index contributed by atoms with van der Waals surface area (Å²) in [4.78, 5) is 12.4. The Morgan fingerprint density at radius 2 is 2.12 bits per heavy atom. The number of thiol groups is 1. The van der Waals surface area contributed by atoms with E-state index >= 15 is 0 Å². The van der Waals surface area contributed by atoms with Gasteiger partial charge < -0.3 is 4.74 Å². The van der Waals surface area contributed by atoms with Crippen LogP contribution in [0, 0.1) is 0 Å². The number of carbonyl (C=O) groups is 1. The molecule has 4 heteroatoms. The number of unbranched alkanes of at least 4 members (excludes halogenated alkanes) is 3. The lowest BCUT2D eigenvalue weighted by Crippen LogP contribution is -2.07. The van der Waals surface area contributed by atoms with Crippen molar-refractivity contribution in [3.05, 3.63) is 28.2 Å². The molecule has 0 atom stereocenters. The van der Waals surface area contributed by atoms with Crippen molar-refractivity contribution in [3.8, 4) is 0 Å². The van der Waals surface area contributed by atoms with E-state index in [4.69, 9.17) is 4.74 Å². The highest BCUT2D eigenvalue weighted by molar-refractivity contribution is 9.10. The van der Waals surface area contributed by atoms with E-state index in [1.54, 1.807) is 12.1 Å². The van der Waals surface area contributed by atoms with Crippen molar-refractivity contribution in [1.29, 1.82) is 0 Å². The van der Waals surface area contributed by atoms with Crippen LogP contribution in [0.2, 0.25) is 0 Å². The van der Waals surface area contributed by atoms with Gasteiger partial charge in [0.1, 0.15) is 0 Å². The van der Waals surface area contributed by atoms with Crippen LogP contribution in [0.25, 0.3) is 0 Å². The smallest absolute Gasteiger partial charge is 0.339 e. The van der Waals surface area contributed by atoms with Gasteiger partial charge in [-0.3, -0.25) is 0 Å². The van der Waals surface area contributed by atoms with E-state index in [0.717, 1.165) is 17.3 Å². The number of hydrogen-bond donors (Lipinski definition) is 1. The summed E-state index contributed by atoms with van der Waals surface area (Å²) < 4.78 is 6.10. The van der Waals surface area contributed by atoms with Gasteiger partial charge in [0, 0.05) is 9.37 Å². The normalized spacial score (nSPS) is 10.3. The van der Waals surface area contributed by atoms with Gasteiger partial charge in [0.25, 0.3) is 0 Å². The fourth-order valence-electron chi connectivity index (χ4n) is 1.45. The van der Waals surface area contributed by atoms with Crippen LogP contribution in [0.3, 0.4) is 0 Å². The molecule has 0 amide bonds. The van der Waals surface area contributed by atoms with Gasteiger partial charge in [0.2, 0.25) is 0 Å². The summed E-state index contributed by atoms with van der Waals surface area (Å²) in [5.74, 6) is -0.293. The van der Waals surface area contributed by atoms with Crippen LogP contribution in [0.5, 0.6) is 0 Å². The highest BCUT2D eigenvalue weighted by Crippen LogP contribution is 2.20. The second-order valence-electron chi connectivity index (χ2n) is 3.86. The molecule has 0 bridgehead atoms. The summed E-state index contributed by atoms with van der Waals surface area (Å²) in [5.41, 5.74) is 0.520. The maximum absolute atomic E-state index is 11.7. The maximum atomic E-state index is 11.7. The third-order valence-corrected chi connectivity index (χ3v) is 3.27. The molecule has 17 heavy (non-hydrogen) atoms. The number of ether oxygens (including phenoxy) is 1. The third-order valence-electron chi connectivity index (χ3n) is 2.41. The Hall–Kier alpha value is -0.480. The van der Waals surface area contributed by atoms with Crippen molar-refractivity contribution in [3.63, 3.8) is 0 Å². The van der Waals surface area contributed by atoms with Gasteiger partial charge in [-0.05, 0) is 24.6 Å². The summed E-state index contributed by atoms with van der Waals surface area (Å²) >= 11 is 7.58. The molecule has 0 heterocycles. The minimum atomic E-state index is -0.293.